The van der Waals surface area contributed by atoms with Gasteiger partial charge in [-0.1, -0.05) is 44.7 Å². The molecular weight excluding hydrogens is 198 g/mol. The highest BCUT2D eigenvalue weighted by atomic mass is 16.5. The average Bonchev–Trinajstić information content (AvgIpc) is 2.30. The molecule has 2 heteroatoms. The Morgan fingerprint density at radius 3 is 2.38 bits per heavy atom. The predicted octanol–water partition coefficient (Wildman–Crippen LogP) is 3.76. The summed E-state index contributed by atoms with van der Waals surface area (Å²) in [5, 5.41) is 0. The van der Waals surface area contributed by atoms with E-state index in [1.807, 2.05) is 24.3 Å². The number of rotatable bonds is 8. The van der Waals surface area contributed by atoms with Gasteiger partial charge < -0.3 is 10.5 Å². The van der Waals surface area contributed by atoms with Crippen LogP contribution in [0.1, 0.15) is 44.6 Å². The summed E-state index contributed by atoms with van der Waals surface area (Å²) in [4.78, 5) is 0. The lowest BCUT2D eigenvalue weighted by Gasteiger charge is -2.04. The van der Waals surface area contributed by atoms with E-state index in [4.69, 9.17) is 10.5 Å². The molecule has 0 heterocycles. The average molecular weight is 221 g/mol. The lowest BCUT2D eigenvalue weighted by atomic mass is 10.2. The molecule has 0 saturated heterocycles. The molecule has 0 aliphatic heterocycles. The van der Waals surface area contributed by atoms with E-state index in [1.54, 1.807) is 0 Å². The second-order valence-corrected chi connectivity index (χ2v) is 4.21. The van der Waals surface area contributed by atoms with E-state index in [0.717, 1.165) is 12.3 Å². The molecule has 0 saturated carbocycles. The molecule has 0 atom stereocenters. The molecule has 1 rings (SSSR count). The zero-order valence-electron chi connectivity index (χ0n) is 10.2. The summed E-state index contributed by atoms with van der Waals surface area (Å²) in [6.07, 6.45) is 6.44. The molecule has 2 nitrogen and oxygen atoms in total. The molecule has 0 bridgehead atoms. The van der Waals surface area contributed by atoms with Crippen LogP contribution in [0.2, 0.25) is 0 Å². The van der Waals surface area contributed by atoms with Crippen molar-refractivity contribution in [2.75, 3.05) is 12.3 Å². The third-order valence-corrected chi connectivity index (χ3v) is 2.64. The van der Waals surface area contributed by atoms with Gasteiger partial charge >= 0.3 is 0 Å². The van der Waals surface area contributed by atoms with Crippen molar-refractivity contribution >= 4 is 5.69 Å². The Bertz CT molecular complexity index is 269. The first-order valence-electron chi connectivity index (χ1n) is 6.25. The fourth-order valence-electron chi connectivity index (χ4n) is 1.61. The third kappa shape index (κ3) is 5.76. The van der Waals surface area contributed by atoms with E-state index in [-0.39, 0.29) is 0 Å². The zero-order chi connectivity index (χ0) is 11.6. The van der Waals surface area contributed by atoms with Crippen LogP contribution in [-0.2, 0) is 11.3 Å². The Balaban J connectivity index is 2.01. The van der Waals surface area contributed by atoms with Gasteiger partial charge in [0.1, 0.15) is 0 Å². The summed E-state index contributed by atoms with van der Waals surface area (Å²) in [6.45, 7) is 3.81. The minimum Gasteiger partial charge on any atom is -0.399 e. The molecule has 16 heavy (non-hydrogen) atoms. The van der Waals surface area contributed by atoms with E-state index in [2.05, 4.69) is 6.92 Å². The fourth-order valence-corrected chi connectivity index (χ4v) is 1.61. The predicted molar refractivity (Wildman–Crippen MR) is 69.3 cm³/mol. The van der Waals surface area contributed by atoms with Crippen molar-refractivity contribution in [3.8, 4) is 0 Å². The van der Waals surface area contributed by atoms with Crippen molar-refractivity contribution in [2.45, 2.75) is 45.6 Å². The van der Waals surface area contributed by atoms with Crippen molar-refractivity contribution in [3.63, 3.8) is 0 Å². The van der Waals surface area contributed by atoms with Gasteiger partial charge in [0.25, 0.3) is 0 Å². The fraction of sp³-hybridized carbons (Fsp3) is 0.571. The standard InChI is InChI=1S/C14H23NO/c1-2-3-4-5-6-11-16-12-13-7-9-14(15)10-8-13/h7-10H,2-6,11-12,15H2,1H3. The van der Waals surface area contributed by atoms with Crippen molar-refractivity contribution in [1.29, 1.82) is 0 Å². The summed E-state index contributed by atoms with van der Waals surface area (Å²) >= 11 is 0. The number of hydrogen-bond acceptors (Lipinski definition) is 2. The SMILES string of the molecule is CCCCCCCOCc1ccc(N)cc1. The van der Waals surface area contributed by atoms with Gasteiger partial charge in [0.05, 0.1) is 6.61 Å². The van der Waals surface area contributed by atoms with Crippen LogP contribution in [0.3, 0.4) is 0 Å². The van der Waals surface area contributed by atoms with Crippen LogP contribution in [0.15, 0.2) is 24.3 Å². The molecule has 0 amide bonds. The molecule has 2 N–H and O–H groups in total. The van der Waals surface area contributed by atoms with Gasteiger partial charge in [-0.25, -0.2) is 0 Å². The van der Waals surface area contributed by atoms with Gasteiger partial charge in [-0.05, 0) is 24.1 Å². The summed E-state index contributed by atoms with van der Waals surface area (Å²) in [6, 6.07) is 7.87. The van der Waals surface area contributed by atoms with Gasteiger partial charge in [0, 0.05) is 12.3 Å². The molecule has 0 fully saturated rings. The van der Waals surface area contributed by atoms with Crippen LogP contribution < -0.4 is 5.73 Å². The van der Waals surface area contributed by atoms with E-state index in [0.29, 0.717) is 6.61 Å². The molecule has 90 valence electrons. The molecule has 0 spiro atoms. The molecular formula is C14H23NO. The minimum atomic E-state index is 0.702. The Morgan fingerprint density at radius 1 is 1.00 bits per heavy atom. The van der Waals surface area contributed by atoms with Gasteiger partial charge in [-0.15, -0.1) is 0 Å². The van der Waals surface area contributed by atoms with Crippen LogP contribution in [0, 0.1) is 0 Å². The van der Waals surface area contributed by atoms with E-state index < -0.39 is 0 Å². The number of nitrogens with two attached hydrogens (primary N) is 1. The van der Waals surface area contributed by atoms with E-state index >= 15 is 0 Å². The largest absolute Gasteiger partial charge is 0.399 e. The summed E-state index contributed by atoms with van der Waals surface area (Å²) in [5.41, 5.74) is 7.61. The zero-order valence-corrected chi connectivity index (χ0v) is 10.2. The first-order valence-corrected chi connectivity index (χ1v) is 6.25. The number of unbranched alkanes of at least 4 members (excludes halogenated alkanes) is 4. The van der Waals surface area contributed by atoms with Gasteiger partial charge in [0.2, 0.25) is 0 Å². The molecule has 0 aromatic heterocycles. The monoisotopic (exact) mass is 221 g/mol. The second-order valence-electron chi connectivity index (χ2n) is 4.21. The van der Waals surface area contributed by atoms with Crippen molar-refractivity contribution in [3.05, 3.63) is 29.8 Å². The van der Waals surface area contributed by atoms with Crippen molar-refractivity contribution < 1.29 is 4.74 Å². The highest BCUT2D eigenvalue weighted by Gasteiger charge is 1.93. The molecule has 0 aliphatic carbocycles. The van der Waals surface area contributed by atoms with E-state index in [1.165, 1.54) is 37.7 Å². The number of ether oxygens (including phenoxy) is 1. The Morgan fingerprint density at radius 2 is 1.69 bits per heavy atom. The maximum absolute atomic E-state index is 5.61. The van der Waals surface area contributed by atoms with Crippen LogP contribution in [-0.4, -0.2) is 6.61 Å². The first-order chi connectivity index (χ1) is 7.83. The summed E-state index contributed by atoms with van der Waals surface area (Å²) in [7, 11) is 0. The minimum absolute atomic E-state index is 0.702. The van der Waals surface area contributed by atoms with Gasteiger partial charge in [-0.3, -0.25) is 0 Å². The number of nitrogen functional groups attached to an aromatic ring is 1. The van der Waals surface area contributed by atoms with Crippen molar-refractivity contribution in [2.24, 2.45) is 0 Å². The Labute approximate surface area is 98.8 Å². The normalized spacial score (nSPS) is 10.6. The summed E-state index contributed by atoms with van der Waals surface area (Å²) < 4.78 is 5.60. The molecule has 1 aromatic carbocycles. The lowest BCUT2D eigenvalue weighted by molar-refractivity contribution is 0.116. The highest BCUT2D eigenvalue weighted by molar-refractivity contribution is 5.39. The lowest BCUT2D eigenvalue weighted by Crippen LogP contribution is -1.96. The van der Waals surface area contributed by atoms with Gasteiger partial charge in [0.15, 0.2) is 0 Å². The van der Waals surface area contributed by atoms with Crippen LogP contribution >= 0.6 is 0 Å². The number of anilines is 1. The van der Waals surface area contributed by atoms with Crippen LogP contribution in [0.5, 0.6) is 0 Å². The van der Waals surface area contributed by atoms with Crippen LogP contribution in [0.25, 0.3) is 0 Å². The third-order valence-electron chi connectivity index (χ3n) is 2.64. The maximum atomic E-state index is 5.61. The number of benzene rings is 1. The highest BCUT2D eigenvalue weighted by Crippen LogP contribution is 2.07. The second kappa shape index (κ2) is 8.17. The molecule has 1 aromatic rings. The molecule has 0 unspecified atom stereocenters. The topological polar surface area (TPSA) is 35.2 Å². The van der Waals surface area contributed by atoms with Crippen molar-refractivity contribution in [1.82, 2.24) is 0 Å². The Kier molecular flexibility index (Phi) is 6.66. The first kappa shape index (κ1) is 13.0. The summed E-state index contributed by atoms with van der Waals surface area (Å²) in [5.74, 6) is 0. The number of hydrogen-bond donors (Lipinski definition) is 1. The smallest absolute Gasteiger partial charge is 0.0716 e. The molecule has 0 aliphatic rings. The Hall–Kier alpha value is -1.02. The molecule has 0 radical (unpaired) electrons. The van der Waals surface area contributed by atoms with Crippen LogP contribution in [0.4, 0.5) is 5.69 Å². The quantitative estimate of drug-likeness (QED) is 0.536. The van der Waals surface area contributed by atoms with E-state index in [9.17, 15) is 0 Å². The van der Waals surface area contributed by atoms with Gasteiger partial charge in [-0.2, -0.15) is 0 Å². The maximum Gasteiger partial charge on any atom is 0.0716 e.